The molecule has 0 unspecified atom stereocenters. The molecule has 1 amide bonds. The standard InChI is InChI=1S/C11H9N3O4S/c1-7(15)12-11-13-8(6-19-11)2-3-9-4-5-10(18-9)14(16)17/h2-6H,1H3,(H,12,13,15)/b3-2+. The molecule has 2 rings (SSSR count). The van der Waals surface area contributed by atoms with Crippen LogP contribution in [0.15, 0.2) is 21.9 Å². The molecule has 0 aromatic carbocycles. The summed E-state index contributed by atoms with van der Waals surface area (Å²) in [6.07, 6.45) is 3.21. The molecule has 0 bridgehead atoms. The first-order valence-electron chi connectivity index (χ1n) is 5.20. The van der Waals surface area contributed by atoms with E-state index < -0.39 is 4.92 Å². The molecule has 0 saturated heterocycles. The Kier molecular flexibility index (Phi) is 3.71. The molecule has 8 heteroatoms. The van der Waals surface area contributed by atoms with Crippen LogP contribution in [0, 0.1) is 10.1 Å². The third-order valence-corrected chi connectivity index (χ3v) is 2.79. The van der Waals surface area contributed by atoms with Crippen molar-refractivity contribution in [2.75, 3.05) is 5.32 Å². The Morgan fingerprint density at radius 1 is 1.53 bits per heavy atom. The van der Waals surface area contributed by atoms with Crippen LogP contribution >= 0.6 is 11.3 Å². The van der Waals surface area contributed by atoms with E-state index in [9.17, 15) is 14.9 Å². The fourth-order valence-corrected chi connectivity index (χ4v) is 1.99. The van der Waals surface area contributed by atoms with Crippen LogP contribution in [0.4, 0.5) is 11.0 Å². The number of rotatable bonds is 4. The molecular weight excluding hydrogens is 270 g/mol. The highest BCUT2D eigenvalue weighted by Gasteiger charge is 2.09. The fourth-order valence-electron chi connectivity index (χ4n) is 1.27. The molecule has 2 aromatic heterocycles. The first-order valence-corrected chi connectivity index (χ1v) is 6.08. The Morgan fingerprint density at radius 3 is 2.95 bits per heavy atom. The van der Waals surface area contributed by atoms with Gasteiger partial charge in [-0.15, -0.1) is 11.3 Å². The average molecular weight is 279 g/mol. The van der Waals surface area contributed by atoms with Gasteiger partial charge >= 0.3 is 5.88 Å². The summed E-state index contributed by atoms with van der Waals surface area (Å²) in [5.41, 5.74) is 0.632. The molecular formula is C11H9N3O4S. The van der Waals surface area contributed by atoms with Crippen molar-refractivity contribution in [3.05, 3.63) is 39.1 Å². The van der Waals surface area contributed by atoms with Gasteiger partial charge in [0.1, 0.15) is 10.7 Å². The maximum atomic E-state index is 10.8. The van der Waals surface area contributed by atoms with Crippen LogP contribution in [0.5, 0.6) is 0 Å². The van der Waals surface area contributed by atoms with Gasteiger partial charge in [-0.1, -0.05) is 0 Å². The Hall–Kier alpha value is -2.48. The lowest BCUT2D eigenvalue weighted by Crippen LogP contribution is -2.04. The van der Waals surface area contributed by atoms with Crippen LogP contribution < -0.4 is 5.32 Å². The minimum Gasteiger partial charge on any atom is -0.401 e. The highest BCUT2D eigenvalue weighted by Crippen LogP contribution is 2.20. The van der Waals surface area contributed by atoms with Crippen molar-refractivity contribution in [1.82, 2.24) is 4.98 Å². The summed E-state index contributed by atoms with van der Waals surface area (Å²) in [5.74, 6) is -0.135. The molecule has 7 nitrogen and oxygen atoms in total. The topological polar surface area (TPSA) is 98.3 Å². The van der Waals surface area contributed by atoms with Gasteiger partial charge in [0.2, 0.25) is 5.91 Å². The first kappa shape index (κ1) is 13.0. The number of carbonyl (C=O) groups is 1. The lowest BCUT2D eigenvalue weighted by Gasteiger charge is -1.92. The zero-order valence-electron chi connectivity index (χ0n) is 9.82. The van der Waals surface area contributed by atoms with Crippen molar-refractivity contribution in [3.63, 3.8) is 0 Å². The molecule has 0 aliphatic rings. The van der Waals surface area contributed by atoms with Crippen molar-refractivity contribution in [3.8, 4) is 0 Å². The van der Waals surface area contributed by atoms with Crippen LogP contribution in [0.25, 0.3) is 12.2 Å². The molecule has 0 aliphatic heterocycles. The quantitative estimate of drug-likeness (QED) is 0.685. The lowest BCUT2D eigenvalue weighted by molar-refractivity contribution is -0.402. The third-order valence-electron chi connectivity index (χ3n) is 2.02. The largest absolute Gasteiger partial charge is 0.433 e. The minimum atomic E-state index is -0.602. The summed E-state index contributed by atoms with van der Waals surface area (Å²) in [6.45, 7) is 1.40. The highest BCUT2D eigenvalue weighted by atomic mass is 32.1. The molecule has 98 valence electrons. The van der Waals surface area contributed by atoms with E-state index in [4.69, 9.17) is 4.42 Å². The molecule has 0 saturated carbocycles. The molecule has 0 atom stereocenters. The number of amides is 1. The van der Waals surface area contributed by atoms with Gasteiger partial charge in [-0.25, -0.2) is 4.98 Å². The van der Waals surface area contributed by atoms with Gasteiger partial charge in [-0.05, 0) is 18.2 Å². The van der Waals surface area contributed by atoms with E-state index in [0.717, 1.165) is 0 Å². The summed E-state index contributed by atoms with van der Waals surface area (Å²) < 4.78 is 4.96. The minimum absolute atomic E-state index is 0.188. The third kappa shape index (κ3) is 3.49. The van der Waals surface area contributed by atoms with E-state index in [1.165, 1.54) is 30.4 Å². The van der Waals surface area contributed by atoms with Crippen LogP contribution in [-0.4, -0.2) is 15.8 Å². The Morgan fingerprint density at radius 2 is 2.32 bits per heavy atom. The number of carbonyl (C=O) groups excluding carboxylic acids is 1. The number of anilines is 1. The molecule has 0 radical (unpaired) electrons. The zero-order valence-corrected chi connectivity index (χ0v) is 10.6. The molecule has 19 heavy (non-hydrogen) atoms. The van der Waals surface area contributed by atoms with Gasteiger partial charge in [0.25, 0.3) is 0 Å². The fraction of sp³-hybridized carbons (Fsp3) is 0.0909. The number of nitrogens with one attached hydrogen (secondary N) is 1. The van der Waals surface area contributed by atoms with Crippen LogP contribution in [0.2, 0.25) is 0 Å². The molecule has 0 spiro atoms. The second-order valence-electron chi connectivity index (χ2n) is 3.53. The van der Waals surface area contributed by atoms with E-state index in [1.54, 1.807) is 17.5 Å². The SMILES string of the molecule is CC(=O)Nc1nc(/C=C/c2ccc([N+](=O)[O-])o2)cs1. The van der Waals surface area contributed by atoms with E-state index in [-0.39, 0.29) is 11.8 Å². The van der Waals surface area contributed by atoms with Gasteiger partial charge in [0.05, 0.1) is 11.8 Å². The Labute approximate surface area is 111 Å². The number of furan rings is 1. The second-order valence-corrected chi connectivity index (χ2v) is 4.38. The van der Waals surface area contributed by atoms with Crippen molar-refractivity contribution >= 4 is 40.4 Å². The van der Waals surface area contributed by atoms with Crippen molar-refractivity contribution in [1.29, 1.82) is 0 Å². The Bertz CT molecular complexity index is 644. The number of nitro groups is 1. The number of nitrogens with zero attached hydrogens (tertiary/aromatic N) is 2. The summed E-state index contributed by atoms with van der Waals surface area (Å²) in [6, 6.07) is 2.78. The maximum Gasteiger partial charge on any atom is 0.433 e. The van der Waals surface area contributed by atoms with E-state index in [0.29, 0.717) is 16.6 Å². The van der Waals surface area contributed by atoms with Crippen LogP contribution in [-0.2, 0) is 4.79 Å². The predicted octanol–water partition coefficient (Wildman–Crippen LogP) is 2.77. The van der Waals surface area contributed by atoms with Crippen LogP contribution in [0.1, 0.15) is 18.4 Å². The zero-order chi connectivity index (χ0) is 13.8. The number of hydrogen-bond acceptors (Lipinski definition) is 6. The molecule has 0 fully saturated rings. The second kappa shape index (κ2) is 5.44. The molecule has 1 N–H and O–H groups in total. The van der Waals surface area contributed by atoms with Crippen LogP contribution in [0.3, 0.4) is 0 Å². The van der Waals surface area contributed by atoms with E-state index in [1.807, 2.05) is 0 Å². The van der Waals surface area contributed by atoms with Gasteiger partial charge in [0.15, 0.2) is 5.13 Å². The van der Waals surface area contributed by atoms with Gasteiger partial charge in [0, 0.05) is 12.3 Å². The average Bonchev–Trinajstić information content (AvgIpc) is 2.94. The van der Waals surface area contributed by atoms with Crippen molar-refractivity contribution in [2.45, 2.75) is 6.92 Å². The predicted molar refractivity (Wildman–Crippen MR) is 70.7 cm³/mol. The van der Waals surface area contributed by atoms with Crippen molar-refractivity contribution < 1.29 is 14.1 Å². The highest BCUT2D eigenvalue weighted by molar-refractivity contribution is 7.14. The molecule has 0 aliphatic carbocycles. The van der Waals surface area contributed by atoms with Gasteiger partial charge in [-0.2, -0.15) is 0 Å². The number of hydrogen-bond donors (Lipinski definition) is 1. The van der Waals surface area contributed by atoms with E-state index >= 15 is 0 Å². The maximum absolute atomic E-state index is 10.8. The number of aromatic nitrogens is 1. The molecule has 2 heterocycles. The summed E-state index contributed by atoms with van der Waals surface area (Å²) in [7, 11) is 0. The summed E-state index contributed by atoms with van der Waals surface area (Å²) in [5, 5.41) is 15.2. The first-order chi connectivity index (χ1) is 9.04. The van der Waals surface area contributed by atoms with Gasteiger partial charge < -0.3 is 9.73 Å². The normalized spacial score (nSPS) is 10.8. The van der Waals surface area contributed by atoms with E-state index in [2.05, 4.69) is 10.3 Å². The lowest BCUT2D eigenvalue weighted by atomic mass is 10.3. The molecule has 2 aromatic rings. The summed E-state index contributed by atoms with van der Waals surface area (Å²) in [4.78, 5) is 24.8. The van der Waals surface area contributed by atoms with Gasteiger partial charge in [-0.3, -0.25) is 14.9 Å². The smallest absolute Gasteiger partial charge is 0.401 e. The Balaban J connectivity index is 2.07. The van der Waals surface area contributed by atoms with Crippen molar-refractivity contribution in [2.24, 2.45) is 0 Å². The number of thiazole rings is 1. The summed E-state index contributed by atoms with van der Waals surface area (Å²) >= 11 is 1.29. The monoisotopic (exact) mass is 279 g/mol.